The van der Waals surface area contributed by atoms with Crippen LogP contribution < -0.4 is 0 Å². The standard InChI is InChI=1S/C14H26N2O2/c1-3-18-14(17)16-9-7-15(8-10-16)13-6-4-5-12(2)11-13/h12-13H,3-11H2,1-2H3/t12-,13-/m0/s1. The van der Waals surface area contributed by atoms with E-state index in [4.69, 9.17) is 4.74 Å². The van der Waals surface area contributed by atoms with Crippen molar-refractivity contribution in [1.29, 1.82) is 0 Å². The number of carbonyl (C=O) groups excluding carboxylic acids is 1. The van der Waals surface area contributed by atoms with Gasteiger partial charge in [0, 0.05) is 32.2 Å². The van der Waals surface area contributed by atoms with Crippen LogP contribution in [0.3, 0.4) is 0 Å². The third-order valence-electron chi connectivity index (χ3n) is 4.27. The van der Waals surface area contributed by atoms with Crippen LogP contribution in [0.25, 0.3) is 0 Å². The second kappa shape index (κ2) is 6.41. The molecular weight excluding hydrogens is 228 g/mol. The molecule has 2 fully saturated rings. The lowest BCUT2D eigenvalue weighted by Crippen LogP contribution is -2.52. The molecule has 0 spiro atoms. The molecule has 2 atom stereocenters. The normalized spacial score (nSPS) is 30.2. The fraction of sp³-hybridized carbons (Fsp3) is 0.929. The van der Waals surface area contributed by atoms with Crippen LogP contribution in [-0.4, -0.2) is 54.7 Å². The van der Waals surface area contributed by atoms with Gasteiger partial charge in [-0.05, 0) is 25.7 Å². The van der Waals surface area contributed by atoms with Crippen molar-refractivity contribution in [3.8, 4) is 0 Å². The summed E-state index contributed by atoms with van der Waals surface area (Å²) < 4.78 is 5.05. The van der Waals surface area contributed by atoms with E-state index in [1.54, 1.807) is 0 Å². The molecule has 1 aliphatic carbocycles. The Balaban J connectivity index is 1.77. The van der Waals surface area contributed by atoms with Gasteiger partial charge >= 0.3 is 6.09 Å². The molecule has 4 heteroatoms. The first kappa shape index (κ1) is 13.7. The number of hydrogen-bond acceptors (Lipinski definition) is 3. The van der Waals surface area contributed by atoms with E-state index in [1.807, 2.05) is 11.8 Å². The molecule has 18 heavy (non-hydrogen) atoms. The Bertz CT molecular complexity index is 275. The molecule has 0 unspecified atom stereocenters. The van der Waals surface area contributed by atoms with Gasteiger partial charge in [0.05, 0.1) is 6.61 Å². The molecule has 2 rings (SSSR count). The summed E-state index contributed by atoms with van der Waals surface area (Å²) in [6.07, 6.45) is 5.28. The van der Waals surface area contributed by atoms with E-state index in [-0.39, 0.29) is 6.09 Å². The molecule has 1 amide bonds. The van der Waals surface area contributed by atoms with Crippen LogP contribution in [0.5, 0.6) is 0 Å². The number of hydrogen-bond donors (Lipinski definition) is 0. The molecule has 0 aromatic rings. The fourth-order valence-corrected chi connectivity index (χ4v) is 3.22. The Morgan fingerprint density at radius 3 is 2.56 bits per heavy atom. The molecule has 2 aliphatic rings. The van der Waals surface area contributed by atoms with E-state index in [9.17, 15) is 4.79 Å². The van der Waals surface area contributed by atoms with Crippen molar-refractivity contribution in [2.75, 3.05) is 32.8 Å². The minimum atomic E-state index is -0.144. The molecule has 1 saturated heterocycles. The molecule has 0 aromatic carbocycles. The van der Waals surface area contributed by atoms with E-state index < -0.39 is 0 Å². The minimum Gasteiger partial charge on any atom is -0.450 e. The predicted molar refractivity (Wildman–Crippen MR) is 71.6 cm³/mol. The zero-order valence-corrected chi connectivity index (χ0v) is 11.7. The van der Waals surface area contributed by atoms with Crippen molar-refractivity contribution in [3.63, 3.8) is 0 Å². The SMILES string of the molecule is CCOC(=O)N1CCN([C@H]2CCC[C@H](C)C2)CC1. The van der Waals surface area contributed by atoms with Gasteiger partial charge in [0.2, 0.25) is 0 Å². The predicted octanol–water partition coefficient (Wildman–Crippen LogP) is 2.34. The van der Waals surface area contributed by atoms with Gasteiger partial charge < -0.3 is 9.64 Å². The second-order valence-corrected chi connectivity index (χ2v) is 5.65. The van der Waals surface area contributed by atoms with Gasteiger partial charge in [0.1, 0.15) is 0 Å². The maximum Gasteiger partial charge on any atom is 0.409 e. The largest absolute Gasteiger partial charge is 0.450 e. The Morgan fingerprint density at radius 2 is 1.94 bits per heavy atom. The first-order chi connectivity index (χ1) is 8.70. The Labute approximate surface area is 110 Å². The molecule has 1 aliphatic heterocycles. The fourth-order valence-electron chi connectivity index (χ4n) is 3.22. The molecular formula is C14H26N2O2. The Morgan fingerprint density at radius 1 is 1.22 bits per heavy atom. The maximum atomic E-state index is 11.6. The van der Waals surface area contributed by atoms with Crippen molar-refractivity contribution in [1.82, 2.24) is 9.80 Å². The molecule has 0 bridgehead atoms. The third kappa shape index (κ3) is 3.37. The number of piperazine rings is 1. The van der Waals surface area contributed by atoms with Gasteiger partial charge in [0.15, 0.2) is 0 Å². The first-order valence-electron chi connectivity index (χ1n) is 7.36. The molecule has 0 radical (unpaired) electrons. The van der Waals surface area contributed by atoms with Crippen molar-refractivity contribution in [2.24, 2.45) is 5.92 Å². The van der Waals surface area contributed by atoms with Crippen LogP contribution in [0.2, 0.25) is 0 Å². The summed E-state index contributed by atoms with van der Waals surface area (Å²) >= 11 is 0. The van der Waals surface area contributed by atoms with Gasteiger partial charge in [-0.1, -0.05) is 19.8 Å². The van der Waals surface area contributed by atoms with Gasteiger partial charge in [-0.2, -0.15) is 0 Å². The monoisotopic (exact) mass is 254 g/mol. The number of ether oxygens (including phenoxy) is 1. The lowest BCUT2D eigenvalue weighted by molar-refractivity contribution is 0.0528. The molecule has 4 nitrogen and oxygen atoms in total. The van der Waals surface area contributed by atoms with Crippen LogP contribution in [0.4, 0.5) is 4.79 Å². The van der Waals surface area contributed by atoms with Gasteiger partial charge in [-0.15, -0.1) is 0 Å². The average Bonchev–Trinajstić information content (AvgIpc) is 2.39. The number of amides is 1. The summed E-state index contributed by atoms with van der Waals surface area (Å²) in [4.78, 5) is 16.0. The van der Waals surface area contributed by atoms with E-state index >= 15 is 0 Å². The maximum absolute atomic E-state index is 11.6. The van der Waals surface area contributed by atoms with E-state index in [0.29, 0.717) is 6.61 Å². The molecule has 1 saturated carbocycles. The molecule has 0 aromatic heterocycles. The van der Waals surface area contributed by atoms with E-state index in [2.05, 4.69) is 11.8 Å². The Hall–Kier alpha value is -0.770. The number of carbonyl (C=O) groups is 1. The van der Waals surface area contributed by atoms with Crippen molar-refractivity contribution >= 4 is 6.09 Å². The van der Waals surface area contributed by atoms with E-state index in [0.717, 1.165) is 38.1 Å². The minimum absolute atomic E-state index is 0.144. The van der Waals surface area contributed by atoms with Crippen LogP contribution in [0, 0.1) is 5.92 Å². The van der Waals surface area contributed by atoms with Crippen LogP contribution in [-0.2, 0) is 4.74 Å². The van der Waals surface area contributed by atoms with E-state index in [1.165, 1.54) is 25.7 Å². The van der Waals surface area contributed by atoms with Gasteiger partial charge in [-0.25, -0.2) is 4.79 Å². The van der Waals surface area contributed by atoms with Crippen molar-refractivity contribution in [3.05, 3.63) is 0 Å². The summed E-state index contributed by atoms with van der Waals surface area (Å²) in [7, 11) is 0. The topological polar surface area (TPSA) is 32.8 Å². The molecule has 0 N–H and O–H groups in total. The number of nitrogens with zero attached hydrogens (tertiary/aromatic N) is 2. The number of rotatable bonds is 2. The third-order valence-corrected chi connectivity index (χ3v) is 4.27. The average molecular weight is 254 g/mol. The second-order valence-electron chi connectivity index (χ2n) is 5.65. The lowest BCUT2D eigenvalue weighted by Gasteiger charge is -2.41. The highest BCUT2D eigenvalue weighted by atomic mass is 16.6. The molecule has 104 valence electrons. The van der Waals surface area contributed by atoms with Gasteiger partial charge in [-0.3, -0.25) is 4.90 Å². The highest BCUT2D eigenvalue weighted by Crippen LogP contribution is 2.27. The molecule has 1 heterocycles. The summed E-state index contributed by atoms with van der Waals surface area (Å²) in [5, 5.41) is 0. The van der Waals surface area contributed by atoms with Crippen LogP contribution in [0.15, 0.2) is 0 Å². The first-order valence-corrected chi connectivity index (χ1v) is 7.36. The smallest absolute Gasteiger partial charge is 0.409 e. The highest BCUT2D eigenvalue weighted by Gasteiger charge is 2.29. The lowest BCUT2D eigenvalue weighted by atomic mass is 9.86. The highest BCUT2D eigenvalue weighted by molar-refractivity contribution is 5.67. The summed E-state index contributed by atoms with van der Waals surface area (Å²) in [5.41, 5.74) is 0. The zero-order chi connectivity index (χ0) is 13.0. The van der Waals surface area contributed by atoms with Crippen molar-refractivity contribution in [2.45, 2.75) is 45.6 Å². The summed E-state index contributed by atoms with van der Waals surface area (Å²) in [6.45, 7) is 8.36. The quantitative estimate of drug-likeness (QED) is 0.758. The van der Waals surface area contributed by atoms with Crippen molar-refractivity contribution < 1.29 is 9.53 Å². The summed E-state index contributed by atoms with van der Waals surface area (Å²) in [6, 6.07) is 0.748. The van der Waals surface area contributed by atoms with Crippen LogP contribution >= 0.6 is 0 Å². The van der Waals surface area contributed by atoms with Crippen LogP contribution in [0.1, 0.15) is 39.5 Å². The van der Waals surface area contributed by atoms with Gasteiger partial charge in [0.25, 0.3) is 0 Å². The summed E-state index contributed by atoms with van der Waals surface area (Å²) in [5.74, 6) is 0.867. The zero-order valence-electron chi connectivity index (χ0n) is 11.7. The Kier molecular flexibility index (Phi) is 4.87.